The van der Waals surface area contributed by atoms with Gasteiger partial charge in [0, 0.05) is 23.4 Å². The van der Waals surface area contributed by atoms with E-state index in [9.17, 15) is 13.6 Å². The van der Waals surface area contributed by atoms with E-state index in [4.69, 9.17) is 4.74 Å². The normalized spacial score (nSPS) is 10.7. The lowest BCUT2D eigenvalue weighted by molar-refractivity contribution is 0.103. The zero-order valence-electron chi connectivity index (χ0n) is 11.1. The smallest absolute Gasteiger partial charge is 0.194 e. The molecule has 3 nitrogen and oxygen atoms in total. The summed E-state index contributed by atoms with van der Waals surface area (Å²) in [7, 11) is 0. The van der Waals surface area contributed by atoms with E-state index in [0.29, 0.717) is 11.8 Å². The van der Waals surface area contributed by atoms with E-state index in [0.717, 1.165) is 12.1 Å². The van der Waals surface area contributed by atoms with Gasteiger partial charge in [-0.15, -0.1) is 0 Å². The molecule has 0 atom stereocenters. The summed E-state index contributed by atoms with van der Waals surface area (Å²) in [4.78, 5) is 16.1. The zero-order valence-corrected chi connectivity index (χ0v) is 11.1. The number of ketones is 1. The SMILES string of the molecule is CC(C)Oc1cncc(C(=O)c2cc(F)cc(F)c2)c1. The minimum Gasteiger partial charge on any atom is -0.489 e. The Hall–Kier alpha value is -2.30. The molecule has 104 valence electrons. The number of hydrogen-bond donors (Lipinski definition) is 0. The number of carbonyl (C=O) groups excluding carboxylic acids is 1. The van der Waals surface area contributed by atoms with E-state index < -0.39 is 17.4 Å². The van der Waals surface area contributed by atoms with Crippen LogP contribution in [0, 0.1) is 11.6 Å². The van der Waals surface area contributed by atoms with E-state index in [2.05, 4.69) is 4.98 Å². The lowest BCUT2D eigenvalue weighted by Gasteiger charge is -2.10. The van der Waals surface area contributed by atoms with Gasteiger partial charge in [-0.05, 0) is 32.0 Å². The predicted octanol–water partition coefficient (Wildman–Crippen LogP) is 3.38. The fraction of sp³-hybridized carbons (Fsp3) is 0.200. The second kappa shape index (κ2) is 5.77. The summed E-state index contributed by atoms with van der Waals surface area (Å²) in [5, 5.41) is 0. The Morgan fingerprint density at radius 2 is 1.70 bits per heavy atom. The summed E-state index contributed by atoms with van der Waals surface area (Å²) in [6.07, 6.45) is 2.75. The number of hydrogen-bond acceptors (Lipinski definition) is 3. The van der Waals surface area contributed by atoms with Gasteiger partial charge in [-0.1, -0.05) is 0 Å². The van der Waals surface area contributed by atoms with Gasteiger partial charge in [0.25, 0.3) is 0 Å². The van der Waals surface area contributed by atoms with Crippen LogP contribution in [0.2, 0.25) is 0 Å². The van der Waals surface area contributed by atoms with Crippen molar-refractivity contribution in [1.29, 1.82) is 0 Å². The van der Waals surface area contributed by atoms with Crippen molar-refractivity contribution in [3.63, 3.8) is 0 Å². The van der Waals surface area contributed by atoms with Crippen molar-refractivity contribution < 1.29 is 18.3 Å². The topological polar surface area (TPSA) is 39.2 Å². The average Bonchev–Trinajstić information content (AvgIpc) is 2.36. The molecule has 0 aliphatic rings. The van der Waals surface area contributed by atoms with Gasteiger partial charge >= 0.3 is 0 Å². The minimum atomic E-state index is -0.795. The maximum atomic E-state index is 13.1. The van der Waals surface area contributed by atoms with Gasteiger partial charge in [-0.25, -0.2) is 8.78 Å². The van der Waals surface area contributed by atoms with Crippen molar-refractivity contribution >= 4 is 5.78 Å². The lowest BCUT2D eigenvalue weighted by atomic mass is 10.0. The maximum Gasteiger partial charge on any atom is 0.194 e. The van der Waals surface area contributed by atoms with Gasteiger partial charge in [-0.3, -0.25) is 9.78 Å². The first kappa shape index (κ1) is 14.1. The van der Waals surface area contributed by atoms with Crippen LogP contribution in [-0.4, -0.2) is 16.9 Å². The molecule has 1 heterocycles. The third-order valence-corrected chi connectivity index (χ3v) is 2.47. The van der Waals surface area contributed by atoms with Crippen molar-refractivity contribution in [3.05, 3.63) is 59.4 Å². The van der Waals surface area contributed by atoms with Crippen LogP contribution in [0.1, 0.15) is 29.8 Å². The lowest BCUT2D eigenvalue weighted by Crippen LogP contribution is -2.08. The molecule has 0 aliphatic carbocycles. The highest BCUT2D eigenvalue weighted by Gasteiger charge is 2.13. The number of halogens is 2. The minimum absolute atomic E-state index is 0.0613. The van der Waals surface area contributed by atoms with E-state index in [1.54, 1.807) is 0 Å². The molecule has 0 saturated heterocycles. The van der Waals surface area contributed by atoms with E-state index in [-0.39, 0.29) is 17.2 Å². The van der Waals surface area contributed by atoms with Crippen LogP contribution < -0.4 is 4.74 Å². The van der Waals surface area contributed by atoms with Crippen LogP contribution in [0.3, 0.4) is 0 Å². The van der Waals surface area contributed by atoms with Crippen molar-refractivity contribution in [2.24, 2.45) is 0 Å². The summed E-state index contributed by atoms with van der Waals surface area (Å²) in [6, 6.07) is 4.19. The Labute approximate surface area is 115 Å². The van der Waals surface area contributed by atoms with E-state index in [1.165, 1.54) is 18.5 Å². The second-order valence-corrected chi connectivity index (χ2v) is 4.56. The van der Waals surface area contributed by atoms with Gasteiger partial charge in [0.15, 0.2) is 5.78 Å². The fourth-order valence-corrected chi connectivity index (χ4v) is 1.73. The zero-order chi connectivity index (χ0) is 14.7. The maximum absolute atomic E-state index is 13.1. The highest BCUT2D eigenvalue weighted by atomic mass is 19.1. The fourth-order valence-electron chi connectivity index (χ4n) is 1.73. The van der Waals surface area contributed by atoms with Crippen LogP contribution in [0.5, 0.6) is 5.75 Å². The predicted molar refractivity (Wildman–Crippen MR) is 69.8 cm³/mol. The largest absolute Gasteiger partial charge is 0.489 e. The summed E-state index contributed by atoms with van der Waals surface area (Å²) in [5.41, 5.74) is 0.152. The van der Waals surface area contributed by atoms with Gasteiger partial charge < -0.3 is 4.74 Å². The summed E-state index contributed by atoms with van der Waals surface area (Å²) < 4.78 is 31.7. The molecule has 2 rings (SSSR count). The number of pyridine rings is 1. The molecule has 0 unspecified atom stereocenters. The van der Waals surface area contributed by atoms with Gasteiger partial charge in [0.2, 0.25) is 0 Å². The van der Waals surface area contributed by atoms with Crippen molar-refractivity contribution in [1.82, 2.24) is 4.98 Å². The molecule has 1 aromatic heterocycles. The monoisotopic (exact) mass is 277 g/mol. The molecule has 0 saturated carbocycles. The van der Waals surface area contributed by atoms with Crippen LogP contribution in [0.25, 0.3) is 0 Å². The molecule has 0 spiro atoms. The Balaban J connectivity index is 2.33. The van der Waals surface area contributed by atoms with Crippen LogP contribution in [0.15, 0.2) is 36.7 Å². The number of aromatic nitrogens is 1. The highest BCUT2D eigenvalue weighted by Crippen LogP contribution is 2.17. The summed E-state index contributed by atoms with van der Waals surface area (Å²) in [6.45, 7) is 3.69. The Kier molecular flexibility index (Phi) is 4.08. The molecule has 20 heavy (non-hydrogen) atoms. The molecule has 0 fully saturated rings. The first-order chi connectivity index (χ1) is 9.45. The quantitative estimate of drug-likeness (QED) is 0.804. The standard InChI is InChI=1S/C15H13F2NO2/c1-9(2)20-14-5-11(7-18-8-14)15(19)10-3-12(16)6-13(17)4-10/h3-9H,1-2H3. The van der Waals surface area contributed by atoms with E-state index >= 15 is 0 Å². The Bertz CT molecular complexity index is 621. The number of rotatable bonds is 4. The molecule has 0 aliphatic heterocycles. The average molecular weight is 277 g/mol. The number of nitrogens with zero attached hydrogens (tertiary/aromatic N) is 1. The van der Waals surface area contributed by atoms with Crippen molar-refractivity contribution in [2.75, 3.05) is 0 Å². The third-order valence-electron chi connectivity index (χ3n) is 2.47. The number of benzene rings is 1. The Morgan fingerprint density at radius 3 is 2.30 bits per heavy atom. The molecule has 0 radical (unpaired) electrons. The first-order valence-corrected chi connectivity index (χ1v) is 6.08. The molecule has 1 aromatic carbocycles. The van der Waals surface area contributed by atoms with Crippen molar-refractivity contribution in [2.45, 2.75) is 20.0 Å². The first-order valence-electron chi connectivity index (χ1n) is 6.08. The Morgan fingerprint density at radius 1 is 1.05 bits per heavy atom. The van der Waals surface area contributed by atoms with Crippen molar-refractivity contribution in [3.8, 4) is 5.75 Å². The van der Waals surface area contributed by atoms with Crippen LogP contribution >= 0.6 is 0 Å². The molecule has 0 bridgehead atoms. The van der Waals surface area contributed by atoms with Crippen LogP contribution in [-0.2, 0) is 0 Å². The summed E-state index contributed by atoms with van der Waals surface area (Å²) >= 11 is 0. The van der Waals surface area contributed by atoms with Gasteiger partial charge in [0.05, 0.1) is 12.3 Å². The molecular weight excluding hydrogens is 264 g/mol. The van der Waals surface area contributed by atoms with Crippen LogP contribution in [0.4, 0.5) is 8.78 Å². The third kappa shape index (κ3) is 3.38. The highest BCUT2D eigenvalue weighted by molar-refractivity contribution is 6.09. The van der Waals surface area contributed by atoms with Gasteiger partial charge in [-0.2, -0.15) is 0 Å². The number of ether oxygens (including phenoxy) is 1. The molecule has 0 amide bonds. The van der Waals surface area contributed by atoms with Gasteiger partial charge in [0.1, 0.15) is 17.4 Å². The van der Waals surface area contributed by atoms with E-state index in [1.807, 2.05) is 13.8 Å². The molecule has 0 N–H and O–H groups in total. The second-order valence-electron chi connectivity index (χ2n) is 4.56. The molecule has 2 aromatic rings. The molecular formula is C15H13F2NO2. The summed E-state index contributed by atoms with van der Waals surface area (Å²) in [5.74, 6) is -1.67. The number of carbonyl (C=O) groups is 1. The molecule has 5 heteroatoms.